The molecule has 2 aromatic rings. The summed E-state index contributed by atoms with van der Waals surface area (Å²) in [5, 5.41) is 11.6. The number of rotatable bonds is 3. The van der Waals surface area contributed by atoms with E-state index in [0.29, 0.717) is 16.7 Å². The maximum Gasteiger partial charge on any atom is 0.205 e. The average Bonchev–Trinajstić information content (AvgIpc) is 2.71. The van der Waals surface area contributed by atoms with Crippen molar-refractivity contribution in [2.75, 3.05) is 11.9 Å². The highest BCUT2D eigenvalue weighted by Gasteiger charge is 2.13. The van der Waals surface area contributed by atoms with Crippen LogP contribution < -0.4 is 5.32 Å². The van der Waals surface area contributed by atoms with Gasteiger partial charge >= 0.3 is 0 Å². The molecule has 0 aliphatic heterocycles. The van der Waals surface area contributed by atoms with E-state index in [1.807, 2.05) is 6.92 Å². The van der Waals surface area contributed by atoms with Crippen molar-refractivity contribution in [3.63, 3.8) is 0 Å². The van der Waals surface area contributed by atoms with Gasteiger partial charge in [0, 0.05) is 6.54 Å². The monoisotopic (exact) mass is 241 g/mol. The topological polar surface area (TPSA) is 37.8 Å². The molecule has 0 atom stereocenters. The second-order valence-corrected chi connectivity index (χ2v) is 4.02. The highest BCUT2D eigenvalue weighted by atomic mass is 32.1. The van der Waals surface area contributed by atoms with Crippen molar-refractivity contribution in [1.29, 1.82) is 0 Å². The minimum atomic E-state index is -0.887. The lowest BCUT2D eigenvalue weighted by molar-refractivity contribution is 0.511. The summed E-state index contributed by atoms with van der Waals surface area (Å²) in [4.78, 5) is 0. The van der Waals surface area contributed by atoms with Gasteiger partial charge in [-0.2, -0.15) is 0 Å². The first-order valence-corrected chi connectivity index (χ1v) is 5.55. The molecule has 1 heterocycles. The second-order valence-electron chi connectivity index (χ2n) is 3.04. The number of hydrogen-bond acceptors (Lipinski definition) is 4. The van der Waals surface area contributed by atoms with Gasteiger partial charge in [0.1, 0.15) is 0 Å². The van der Waals surface area contributed by atoms with Crippen molar-refractivity contribution in [2.24, 2.45) is 0 Å². The minimum Gasteiger partial charge on any atom is -0.360 e. The van der Waals surface area contributed by atoms with Crippen LogP contribution in [0.1, 0.15) is 6.92 Å². The summed E-state index contributed by atoms with van der Waals surface area (Å²) in [6, 6.07) is 4.00. The summed E-state index contributed by atoms with van der Waals surface area (Å²) in [7, 11) is 0. The molecule has 0 aliphatic rings. The third kappa shape index (κ3) is 2.01. The first-order valence-electron chi connectivity index (χ1n) is 4.74. The van der Waals surface area contributed by atoms with E-state index in [9.17, 15) is 8.78 Å². The number of nitrogens with zero attached hydrogens (tertiary/aromatic N) is 2. The lowest BCUT2D eigenvalue weighted by atomic mass is 10.2. The van der Waals surface area contributed by atoms with Gasteiger partial charge < -0.3 is 5.32 Å². The summed E-state index contributed by atoms with van der Waals surface area (Å²) in [6.07, 6.45) is 0. The fourth-order valence-corrected chi connectivity index (χ4v) is 2.05. The van der Waals surface area contributed by atoms with Crippen LogP contribution in [-0.4, -0.2) is 16.7 Å². The van der Waals surface area contributed by atoms with Crippen molar-refractivity contribution in [2.45, 2.75) is 6.92 Å². The highest BCUT2D eigenvalue weighted by Crippen LogP contribution is 2.29. The Morgan fingerprint density at radius 2 is 2.12 bits per heavy atom. The predicted molar refractivity (Wildman–Crippen MR) is 59.4 cm³/mol. The normalized spacial score (nSPS) is 10.4. The highest BCUT2D eigenvalue weighted by molar-refractivity contribution is 7.18. The number of nitrogens with one attached hydrogen (secondary N) is 1. The fraction of sp³-hybridized carbons (Fsp3) is 0.200. The number of anilines is 1. The number of halogens is 2. The van der Waals surface area contributed by atoms with Gasteiger partial charge in [-0.05, 0) is 19.1 Å². The van der Waals surface area contributed by atoms with E-state index in [2.05, 4.69) is 15.5 Å². The van der Waals surface area contributed by atoms with Gasteiger partial charge in [0.05, 0.1) is 5.56 Å². The molecule has 6 heteroatoms. The molecule has 84 valence electrons. The van der Waals surface area contributed by atoms with Gasteiger partial charge in [0.15, 0.2) is 16.6 Å². The van der Waals surface area contributed by atoms with Crippen LogP contribution in [0, 0.1) is 11.6 Å². The molecule has 1 aromatic carbocycles. The molecular weight excluding hydrogens is 232 g/mol. The summed E-state index contributed by atoms with van der Waals surface area (Å²) < 4.78 is 26.4. The maximum atomic E-state index is 13.4. The zero-order chi connectivity index (χ0) is 11.5. The summed E-state index contributed by atoms with van der Waals surface area (Å²) in [5.74, 6) is -1.76. The second kappa shape index (κ2) is 4.52. The van der Waals surface area contributed by atoms with Crippen LogP contribution in [-0.2, 0) is 0 Å². The molecule has 3 nitrogen and oxygen atoms in total. The van der Waals surface area contributed by atoms with E-state index in [-0.39, 0.29) is 5.56 Å². The van der Waals surface area contributed by atoms with Crippen molar-refractivity contribution in [1.82, 2.24) is 10.2 Å². The SMILES string of the molecule is CCNc1nnc(-c2cccc(F)c2F)s1. The van der Waals surface area contributed by atoms with Gasteiger partial charge in [0.2, 0.25) is 5.13 Å². The first-order chi connectivity index (χ1) is 7.72. The Hall–Kier alpha value is -1.56. The van der Waals surface area contributed by atoms with Gasteiger partial charge in [-0.15, -0.1) is 10.2 Å². The van der Waals surface area contributed by atoms with Crippen LogP contribution in [0.5, 0.6) is 0 Å². The molecule has 0 saturated heterocycles. The molecular formula is C10H9F2N3S. The Morgan fingerprint density at radius 1 is 1.31 bits per heavy atom. The van der Waals surface area contributed by atoms with E-state index < -0.39 is 11.6 Å². The molecule has 0 unspecified atom stereocenters. The Bertz CT molecular complexity index is 499. The minimum absolute atomic E-state index is 0.140. The maximum absolute atomic E-state index is 13.4. The van der Waals surface area contributed by atoms with Crippen LogP contribution in [0.4, 0.5) is 13.9 Å². The Kier molecular flexibility index (Phi) is 3.09. The number of benzene rings is 1. The van der Waals surface area contributed by atoms with E-state index >= 15 is 0 Å². The lowest BCUT2D eigenvalue weighted by Gasteiger charge is -1.98. The summed E-state index contributed by atoms with van der Waals surface area (Å²) >= 11 is 1.19. The fourth-order valence-electron chi connectivity index (χ4n) is 1.22. The van der Waals surface area contributed by atoms with Crippen LogP contribution in [0.2, 0.25) is 0 Å². The van der Waals surface area contributed by atoms with Gasteiger partial charge in [0.25, 0.3) is 0 Å². The molecule has 0 spiro atoms. The van der Waals surface area contributed by atoms with Gasteiger partial charge in [-0.25, -0.2) is 8.78 Å². The third-order valence-electron chi connectivity index (χ3n) is 1.94. The Morgan fingerprint density at radius 3 is 2.88 bits per heavy atom. The van der Waals surface area contributed by atoms with E-state index in [1.165, 1.54) is 23.5 Å². The van der Waals surface area contributed by atoms with Gasteiger partial charge in [-0.1, -0.05) is 17.4 Å². The molecule has 0 aliphatic carbocycles. The van der Waals surface area contributed by atoms with Crippen LogP contribution in [0.3, 0.4) is 0 Å². The van der Waals surface area contributed by atoms with Crippen LogP contribution >= 0.6 is 11.3 Å². The van der Waals surface area contributed by atoms with Gasteiger partial charge in [-0.3, -0.25) is 0 Å². The van der Waals surface area contributed by atoms with E-state index in [0.717, 1.165) is 6.07 Å². The molecule has 1 N–H and O–H groups in total. The third-order valence-corrected chi connectivity index (χ3v) is 2.85. The lowest BCUT2D eigenvalue weighted by Crippen LogP contribution is -1.94. The molecule has 0 saturated carbocycles. The van der Waals surface area contributed by atoms with Crippen LogP contribution in [0.25, 0.3) is 10.6 Å². The molecule has 0 amide bonds. The van der Waals surface area contributed by atoms with Crippen molar-refractivity contribution in [3.05, 3.63) is 29.8 Å². The van der Waals surface area contributed by atoms with E-state index in [1.54, 1.807) is 0 Å². The number of aromatic nitrogens is 2. The summed E-state index contributed by atoms with van der Waals surface area (Å²) in [5.41, 5.74) is 0.140. The van der Waals surface area contributed by atoms with E-state index in [4.69, 9.17) is 0 Å². The Labute approximate surface area is 95.1 Å². The zero-order valence-electron chi connectivity index (χ0n) is 8.50. The average molecular weight is 241 g/mol. The van der Waals surface area contributed by atoms with Crippen molar-refractivity contribution in [3.8, 4) is 10.6 Å². The van der Waals surface area contributed by atoms with Crippen molar-refractivity contribution >= 4 is 16.5 Å². The molecule has 1 aromatic heterocycles. The molecule has 2 rings (SSSR count). The Balaban J connectivity index is 2.39. The first kappa shape index (κ1) is 10.9. The quantitative estimate of drug-likeness (QED) is 0.897. The predicted octanol–water partition coefficient (Wildman–Crippen LogP) is 2.92. The van der Waals surface area contributed by atoms with Crippen molar-refractivity contribution < 1.29 is 8.78 Å². The largest absolute Gasteiger partial charge is 0.360 e. The molecule has 0 fully saturated rings. The van der Waals surface area contributed by atoms with Crippen LogP contribution in [0.15, 0.2) is 18.2 Å². The zero-order valence-corrected chi connectivity index (χ0v) is 9.31. The standard InChI is InChI=1S/C10H9F2N3S/c1-2-13-10-15-14-9(16-10)6-4-3-5-7(11)8(6)12/h3-5H,2H2,1H3,(H,13,15). The smallest absolute Gasteiger partial charge is 0.205 e. The molecule has 0 radical (unpaired) electrons. The molecule has 0 bridgehead atoms. The summed E-state index contributed by atoms with van der Waals surface area (Å²) in [6.45, 7) is 2.63. The number of hydrogen-bond donors (Lipinski definition) is 1. The molecule has 16 heavy (non-hydrogen) atoms.